The van der Waals surface area contributed by atoms with Crippen LogP contribution in [0.1, 0.15) is 12.8 Å². The highest BCUT2D eigenvalue weighted by Gasteiger charge is 2.20. The number of rotatable bonds is 4. The number of benzene rings is 1. The number of anilines is 1. The Bertz CT molecular complexity index is 326. The van der Waals surface area contributed by atoms with Crippen LogP contribution < -0.4 is 10.0 Å². The van der Waals surface area contributed by atoms with Crippen molar-refractivity contribution >= 4 is 17.6 Å². The van der Waals surface area contributed by atoms with Crippen LogP contribution in [0.5, 0.6) is 0 Å². The fourth-order valence-electron chi connectivity index (χ4n) is 1.11. The van der Waals surface area contributed by atoms with E-state index in [1.165, 1.54) is 18.9 Å². The van der Waals surface area contributed by atoms with Crippen molar-refractivity contribution in [2.45, 2.75) is 23.8 Å². The Morgan fingerprint density at radius 2 is 2.21 bits per heavy atom. The molecule has 0 aromatic heterocycles. The zero-order valence-electron chi connectivity index (χ0n) is 8.01. The van der Waals surface area contributed by atoms with E-state index in [0.717, 1.165) is 4.90 Å². The highest BCUT2D eigenvalue weighted by molar-refractivity contribution is 7.97. The first-order valence-corrected chi connectivity index (χ1v) is 5.51. The largest absolute Gasteiger partial charge is 0.386 e. The first-order valence-electron chi connectivity index (χ1n) is 4.69. The van der Waals surface area contributed by atoms with Gasteiger partial charge >= 0.3 is 0 Å². The lowest BCUT2D eigenvalue weighted by Gasteiger charge is -2.06. The summed E-state index contributed by atoms with van der Waals surface area (Å²) in [6.45, 7) is 0. The molecule has 76 valence electrons. The molecule has 1 aliphatic rings. The van der Waals surface area contributed by atoms with Crippen LogP contribution in [0.2, 0.25) is 0 Å². The third-order valence-corrected chi connectivity index (χ3v) is 3.07. The van der Waals surface area contributed by atoms with E-state index in [1.54, 1.807) is 25.1 Å². The second kappa shape index (κ2) is 4.19. The van der Waals surface area contributed by atoms with Gasteiger partial charge < -0.3 is 5.32 Å². The topological polar surface area (TPSA) is 24.1 Å². The summed E-state index contributed by atoms with van der Waals surface area (Å²) in [5, 5.41) is 2.82. The van der Waals surface area contributed by atoms with Gasteiger partial charge in [-0.15, -0.1) is 0 Å². The van der Waals surface area contributed by atoms with Crippen LogP contribution in [-0.4, -0.2) is 13.1 Å². The Balaban J connectivity index is 2.01. The van der Waals surface area contributed by atoms with Crippen molar-refractivity contribution in [2.75, 3.05) is 12.4 Å². The van der Waals surface area contributed by atoms with Crippen LogP contribution in [0.3, 0.4) is 0 Å². The smallest absolute Gasteiger partial charge is 0.146 e. The monoisotopic (exact) mass is 212 g/mol. The van der Waals surface area contributed by atoms with E-state index in [9.17, 15) is 4.39 Å². The molecule has 1 aliphatic carbocycles. The zero-order valence-corrected chi connectivity index (χ0v) is 8.83. The van der Waals surface area contributed by atoms with Crippen molar-refractivity contribution in [2.24, 2.45) is 0 Å². The molecule has 0 aliphatic heterocycles. The molecule has 0 amide bonds. The van der Waals surface area contributed by atoms with E-state index in [1.807, 2.05) is 6.07 Å². The number of hydrogen-bond donors (Lipinski definition) is 2. The Morgan fingerprint density at radius 1 is 1.43 bits per heavy atom. The molecule has 4 heteroatoms. The highest BCUT2D eigenvalue weighted by Crippen LogP contribution is 2.27. The quantitative estimate of drug-likeness (QED) is 0.750. The molecule has 14 heavy (non-hydrogen) atoms. The fourth-order valence-corrected chi connectivity index (χ4v) is 1.96. The van der Waals surface area contributed by atoms with Crippen molar-refractivity contribution in [3.05, 3.63) is 24.0 Å². The molecule has 0 saturated heterocycles. The van der Waals surface area contributed by atoms with E-state index in [0.29, 0.717) is 11.7 Å². The van der Waals surface area contributed by atoms with Gasteiger partial charge in [-0.3, -0.25) is 4.72 Å². The van der Waals surface area contributed by atoms with E-state index in [4.69, 9.17) is 0 Å². The van der Waals surface area contributed by atoms with Crippen LogP contribution in [0.15, 0.2) is 23.1 Å². The highest BCUT2D eigenvalue weighted by atomic mass is 32.2. The van der Waals surface area contributed by atoms with E-state index in [2.05, 4.69) is 10.0 Å². The van der Waals surface area contributed by atoms with Crippen molar-refractivity contribution < 1.29 is 4.39 Å². The second-order valence-corrected chi connectivity index (χ2v) is 4.30. The lowest BCUT2D eigenvalue weighted by atomic mass is 10.3. The van der Waals surface area contributed by atoms with Crippen LogP contribution in [-0.2, 0) is 0 Å². The van der Waals surface area contributed by atoms with Gasteiger partial charge in [-0.2, -0.15) is 0 Å². The van der Waals surface area contributed by atoms with Crippen LogP contribution in [0.4, 0.5) is 10.1 Å². The molecular formula is C10H13FN2S. The molecule has 1 saturated carbocycles. The summed E-state index contributed by atoms with van der Waals surface area (Å²) in [4.78, 5) is 1.04. The second-order valence-electron chi connectivity index (χ2n) is 3.39. The zero-order chi connectivity index (χ0) is 9.97. The van der Waals surface area contributed by atoms with Crippen molar-refractivity contribution in [1.29, 1.82) is 0 Å². The first-order chi connectivity index (χ1) is 6.79. The maximum Gasteiger partial charge on any atom is 0.146 e. The summed E-state index contributed by atoms with van der Waals surface area (Å²) in [5.41, 5.74) is 0.549. The molecule has 0 radical (unpaired) electrons. The van der Waals surface area contributed by atoms with Gasteiger partial charge in [-0.1, -0.05) is 0 Å². The Kier molecular flexibility index (Phi) is 2.93. The maximum absolute atomic E-state index is 13.1. The minimum atomic E-state index is -0.205. The van der Waals surface area contributed by atoms with E-state index in [-0.39, 0.29) is 5.82 Å². The van der Waals surface area contributed by atoms with E-state index < -0.39 is 0 Å². The normalized spacial score (nSPS) is 15.6. The summed E-state index contributed by atoms with van der Waals surface area (Å²) in [6.07, 6.45) is 2.51. The standard InChI is InChI=1S/C10H13FN2S/c1-12-10-6-8(4-5-9(10)11)14-13-7-2-3-7/h4-7,12-13H,2-3H2,1H3. The molecular weight excluding hydrogens is 199 g/mol. The third-order valence-electron chi connectivity index (χ3n) is 2.13. The predicted octanol–water partition coefficient (Wildman–Crippen LogP) is 2.63. The van der Waals surface area contributed by atoms with Crippen LogP contribution >= 0.6 is 11.9 Å². The number of halogens is 1. The molecule has 0 unspecified atom stereocenters. The SMILES string of the molecule is CNc1cc(SNC2CC2)ccc1F. The molecule has 0 heterocycles. The van der Waals surface area contributed by atoms with Crippen LogP contribution in [0.25, 0.3) is 0 Å². The number of nitrogens with one attached hydrogen (secondary N) is 2. The molecule has 2 rings (SSSR count). The third kappa shape index (κ3) is 2.39. The number of hydrogen-bond acceptors (Lipinski definition) is 3. The van der Waals surface area contributed by atoms with Gasteiger partial charge in [0.05, 0.1) is 5.69 Å². The molecule has 0 bridgehead atoms. The average Bonchev–Trinajstić information content (AvgIpc) is 3.00. The molecule has 0 spiro atoms. The van der Waals surface area contributed by atoms with Crippen molar-refractivity contribution in [1.82, 2.24) is 4.72 Å². The van der Waals surface area contributed by atoms with E-state index >= 15 is 0 Å². The molecule has 1 aromatic carbocycles. The van der Waals surface area contributed by atoms with Crippen LogP contribution in [0, 0.1) is 5.82 Å². The lowest BCUT2D eigenvalue weighted by Crippen LogP contribution is -2.04. The molecule has 0 atom stereocenters. The molecule has 2 nitrogen and oxygen atoms in total. The predicted molar refractivity (Wildman–Crippen MR) is 58.0 cm³/mol. The fraction of sp³-hybridized carbons (Fsp3) is 0.400. The molecule has 1 fully saturated rings. The maximum atomic E-state index is 13.1. The minimum absolute atomic E-state index is 0.205. The Labute approximate surface area is 87.4 Å². The van der Waals surface area contributed by atoms with Crippen molar-refractivity contribution in [3.63, 3.8) is 0 Å². The van der Waals surface area contributed by atoms with Gasteiger partial charge in [-0.25, -0.2) is 4.39 Å². The Hall–Kier alpha value is -0.740. The summed E-state index contributed by atoms with van der Waals surface area (Å²) < 4.78 is 16.4. The summed E-state index contributed by atoms with van der Waals surface area (Å²) in [6, 6.07) is 5.75. The van der Waals surface area contributed by atoms with Gasteiger partial charge in [0.15, 0.2) is 0 Å². The molecule has 2 N–H and O–H groups in total. The summed E-state index contributed by atoms with van der Waals surface area (Å²) >= 11 is 1.57. The van der Waals surface area contributed by atoms with Gasteiger partial charge in [0.2, 0.25) is 0 Å². The molecule has 1 aromatic rings. The average molecular weight is 212 g/mol. The lowest BCUT2D eigenvalue weighted by molar-refractivity contribution is 0.630. The summed E-state index contributed by atoms with van der Waals surface area (Å²) in [7, 11) is 1.72. The van der Waals surface area contributed by atoms with Crippen molar-refractivity contribution in [3.8, 4) is 0 Å². The summed E-state index contributed by atoms with van der Waals surface area (Å²) in [5.74, 6) is -0.205. The van der Waals surface area contributed by atoms with Gasteiger partial charge in [0, 0.05) is 18.0 Å². The Morgan fingerprint density at radius 3 is 2.86 bits per heavy atom. The first kappa shape index (κ1) is 9.80. The van der Waals surface area contributed by atoms with Gasteiger partial charge in [0.25, 0.3) is 0 Å². The minimum Gasteiger partial charge on any atom is -0.386 e. The van der Waals surface area contributed by atoms with Gasteiger partial charge in [-0.05, 0) is 43.0 Å². The van der Waals surface area contributed by atoms with Gasteiger partial charge in [0.1, 0.15) is 5.82 Å².